The van der Waals surface area contributed by atoms with Crippen molar-refractivity contribution in [1.82, 2.24) is 19.2 Å². The normalized spacial score (nSPS) is 20.8. The maximum absolute atomic E-state index is 5.84. The summed E-state index contributed by atoms with van der Waals surface area (Å²) in [4.78, 5) is 5.37. The van der Waals surface area contributed by atoms with E-state index in [0.29, 0.717) is 12.1 Å². The monoisotopic (exact) mass is 402 g/mol. The molecule has 1 aliphatic carbocycles. The molecule has 0 bridgehead atoms. The fraction of sp³-hybridized carbons (Fsp3) is 0.474. The molecule has 1 aliphatic heterocycles. The van der Waals surface area contributed by atoms with Gasteiger partial charge in [0.1, 0.15) is 5.82 Å². The van der Waals surface area contributed by atoms with E-state index in [1.165, 1.54) is 35.4 Å². The molecule has 0 unspecified atom stereocenters. The van der Waals surface area contributed by atoms with E-state index in [9.17, 15) is 0 Å². The van der Waals surface area contributed by atoms with Gasteiger partial charge in [0, 0.05) is 34.8 Å². The van der Waals surface area contributed by atoms with E-state index in [0.717, 1.165) is 30.2 Å². The van der Waals surface area contributed by atoms with Crippen molar-refractivity contribution in [3.8, 4) is 0 Å². The molecule has 1 saturated heterocycles. The minimum Gasteiger partial charge on any atom is -0.301 e. The van der Waals surface area contributed by atoms with Crippen molar-refractivity contribution in [2.45, 2.75) is 50.9 Å². The van der Waals surface area contributed by atoms with Gasteiger partial charge in [-0.05, 0) is 60.8 Å². The Morgan fingerprint density at radius 2 is 1.96 bits per heavy atom. The SMILES string of the molecule is S=c1n(CN2CCC[C@@H]2c2cccs2)nc(Cc2cccs2)n1C1CC1. The highest BCUT2D eigenvalue weighted by molar-refractivity contribution is 7.71. The van der Waals surface area contributed by atoms with Crippen molar-refractivity contribution in [3.05, 3.63) is 55.4 Å². The summed E-state index contributed by atoms with van der Waals surface area (Å²) >= 11 is 9.50. The van der Waals surface area contributed by atoms with Gasteiger partial charge in [-0.1, -0.05) is 12.1 Å². The third-order valence-electron chi connectivity index (χ3n) is 5.32. The van der Waals surface area contributed by atoms with Crippen LogP contribution in [0.5, 0.6) is 0 Å². The van der Waals surface area contributed by atoms with Crippen molar-refractivity contribution in [2.75, 3.05) is 6.54 Å². The Kier molecular flexibility index (Phi) is 4.56. The first-order valence-electron chi connectivity index (χ1n) is 9.27. The fourth-order valence-corrected chi connectivity index (χ4v) is 5.87. The smallest absolute Gasteiger partial charge is 0.199 e. The highest BCUT2D eigenvalue weighted by atomic mass is 32.1. The molecule has 5 rings (SSSR count). The lowest BCUT2D eigenvalue weighted by Crippen LogP contribution is -2.26. The molecule has 3 aromatic rings. The summed E-state index contributed by atoms with van der Waals surface area (Å²) in [6.07, 6.45) is 5.84. The van der Waals surface area contributed by atoms with Crippen molar-refractivity contribution < 1.29 is 0 Å². The van der Waals surface area contributed by atoms with Crippen molar-refractivity contribution >= 4 is 34.9 Å². The van der Waals surface area contributed by atoms with Crippen LogP contribution in [0.4, 0.5) is 0 Å². The van der Waals surface area contributed by atoms with E-state index in [2.05, 4.69) is 49.2 Å². The molecule has 7 heteroatoms. The van der Waals surface area contributed by atoms with Crippen molar-refractivity contribution in [2.24, 2.45) is 0 Å². The highest BCUT2D eigenvalue weighted by Gasteiger charge is 2.31. The van der Waals surface area contributed by atoms with Crippen LogP contribution in [0.2, 0.25) is 0 Å². The van der Waals surface area contributed by atoms with Crippen LogP contribution in [0.1, 0.15) is 53.3 Å². The number of hydrogen-bond acceptors (Lipinski definition) is 5. The largest absolute Gasteiger partial charge is 0.301 e. The van der Waals surface area contributed by atoms with Gasteiger partial charge >= 0.3 is 0 Å². The molecule has 0 aromatic carbocycles. The van der Waals surface area contributed by atoms with Gasteiger partial charge < -0.3 is 4.57 Å². The zero-order valence-electron chi connectivity index (χ0n) is 14.6. The molecule has 0 spiro atoms. The lowest BCUT2D eigenvalue weighted by atomic mass is 10.2. The molecule has 3 aromatic heterocycles. The molecule has 0 amide bonds. The molecule has 1 atom stereocenters. The summed E-state index contributed by atoms with van der Waals surface area (Å²) < 4.78 is 5.30. The topological polar surface area (TPSA) is 26.0 Å². The van der Waals surface area contributed by atoms with E-state index in [1.54, 1.807) is 11.3 Å². The molecule has 0 N–H and O–H groups in total. The first-order chi connectivity index (χ1) is 12.8. The summed E-state index contributed by atoms with van der Waals surface area (Å²) in [6.45, 7) is 1.93. The van der Waals surface area contributed by atoms with Gasteiger partial charge in [0.2, 0.25) is 0 Å². The average Bonchev–Trinajstić information content (AvgIpc) is 3.11. The minimum atomic E-state index is 0.517. The molecule has 136 valence electrons. The molecule has 2 aliphatic rings. The Morgan fingerprint density at radius 3 is 2.69 bits per heavy atom. The molecule has 4 nitrogen and oxygen atoms in total. The molecule has 26 heavy (non-hydrogen) atoms. The Balaban J connectivity index is 1.43. The van der Waals surface area contributed by atoms with Gasteiger partial charge in [-0.3, -0.25) is 4.90 Å². The lowest BCUT2D eigenvalue weighted by Gasteiger charge is -2.23. The van der Waals surface area contributed by atoms with E-state index >= 15 is 0 Å². The van der Waals surface area contributed by atoms with Gasteiger partial charge in [-0.2, -0.15) is 5.10 Å². The molecule has 4 heterocycles. The Labute approximate surface area is 166 Å². The maximum atomic E-state index is 5.84. The summed E-state index contributed by atoms with van der Waals surface area (Å²) in [5.41, 5.74) is 0. The summed E-state index contributed by atoms with van der Waals surface area (Å²) in [6, 6.07) is 9.81. The van der Waals surface area contributed by atoms with E-state index in [4.69, 9.17) is 17.3 Å². The third-order valence-corrected chi connectivity index (χ3v) is 7.57. The molecule has 1 saturated carbocycles. The Bertz CT molecular complexity index is 919. The number of thiophene rings is 2. The van der Waals surface area contributed by atoms with Crippen LogP contribution < -0.4 is 0 Å². The van der Waals surface area contributed by atoms with Crippen LogP contribution in [-0.4, -0.2) is 25.8 Å². The van der Waals surface area contributed by atoms with Gasteiger partial charge in [-0.25, -0.2) is 4.68 Å². The second-order valence-corrected chi connectivity index (χ2v) is 9.56. The number of hydrogen-bond donors (Lipinski definition) is 0. The standard InChI is InChI=1S/C19H22N4S3/c24-19-22(13-21-9-1-5-16(21)17-6-3-11-26-17)20-18(23(19)14-7-8-14)12-15-4-2-10-25-15/h2-4,6,10-11,14,16H,1,5,7-9,12-13H2/t16-/m1/s1. The van der Waals surface area contributed by atoms with Crippen LogP contribution in [0, 0.1) is 4.77 Å². The third kappa shape index (κ3) is 3.22. The van der Waals surface area contributed by atoms with Gasteiger partial charge in [-0.15, -0.1) is 22.7 Å². The second-order valence-electron chi connectivity index (χ2n) is 7.18. The number of likely N-dealkylation sites (tertiary alicyclic amines) is 1. The van der Waals surface area contributed by atoms with Crippen molar-refractivity contribution in [3.63, 3.8) is 0 Å². The summed E-state index contributed by atoms with van der Waals surface area (Å²) in [5.74, 6) is 1.13. The number of nitrogens with zero attached hydrogens (tertiary/aromatic N) is 4. The predicted octanol–water partition coefficient (Wildman–Crippen LogP) is 5.26. The minimum absolute atomic E-state index is 0.517. The quantitative estimate of drug-likeness (QED) is 0.526. The zero-order chi connectivity index (χ0) is 17.5. The van der Waals surface area contributed by atoms with Gasteiger partial charge in [0.05, 0.1) is 6.67 Å². The number of aromatic nitrogens is 3. The molecule has 2 fully saturated rings. The van der Waals surface area contributed by atoms with E-state index in [1.807, 2.05) is 11.3 Å². The van der Waals surface area contributed by atoms with Gasteiger partial charge in [0.15, 0.2) is 4.77 Å². The van der Waals surface area contributed by atoms with Crippen LogP contribution in [0.15, 0.2) is 35.0 Å². The van der Waals surface area contributed by atoms with Crippen LogP contribution in [0.25, 0.3) is 0 Å². The fourth-order valence-electron chi connectivity index (χ4n) is 3.92. The highest BCUT2D eigenvalue weighted by Crippen LogP contribution is 2.38. The first-order valence-corrected chi connectivity index (χ1v) is 11.4. The maximum Gasteiger partial charge on any atom is 0.199 e. The van der Waals surface area contributed by atoms with E-state index < -0.39 is 0 Å². The lowest BCUT2D eigenvalue weighted by molar-refractivity contribution is 0.191. The molecule has 0 radical (unpaired) electrons. The summed E-state index contributed by atoms with van der Waals surface area (Å²) in [7, 11) is 0. The van der Waals surface area contributed by atoms with Crippen molar-refractivity contribution in [1.29, 1.82) is 0 Å². The second kappa shape index (κ2) is 7.03. The Hall–Kier alpha value is -1.28. The first kappa shape index (κ1) is 16.9. The average molecular weight is 403 g/mol. The van der Waals surface area contributed by atoms with Gasteiger partial charge in [0.25, 0.3) is 0 Å². The molecular formula is C19H22N4S3. The number of rotatable bonds is 6. The summed E-state index contributed by atoms with van der Waals surface area (Å²) in [5, 5.41) is 9.29. The zero-order valence-corrected chi connectivity index (χ0v) is 17.0. The predicted molar refractivity (Wildman–Crippen MR) is 109 cm³/mol. The van der Waals surface area contributed by atoms with Crippen LogP contribution in [-0.2, 0) is 13.1 Å². The van der Waals surface area contributed by atoms with Crippen LogP contribution >= 0.6 is 34.9 Å². The van der Waals surface area contributed by atoms with E-state index in [-0.39, 0.29) is 0 Å². The Morgan fingerprint density at radius 1 is 1.12 bits per heavy atom. The van der Waals surface area contributed by atoms with Crippen LogP contribution in [0.3, 0.4) is 0 Å². The molecular weight excluding hydrogens is 380 g/mol.